The van der Waals surface area contributed by atoms with Crippen LogP contribution in [0.5, 0.6) is 0 Å². The summed E-state index contributed by atoms with van der Waals surface area (Å²) in [5.74, 6) is 0.684. The first-order valence-corrected chi connectivity index (χ1v) is 8.28. The maximum Gasteiger partial charge on any atom is 0.223 e. The molecule has 122 valence electrons. The van der Waals surface area contributed by atoms with E-state index in [1.807, 2.05) is 18.2 Å². The van der Waals surface area contributed by atoms with Gasteiger partial charge in [-0.25, -0.2) is 0 Å². The molecule has 1 saturated heterocycles. The number of ether oxygens (including phenoxy) is 1. The number of hydrogen-bond acceptors (Lipinski definition) is 3. The Morgan fingerprint density at radius 2 is 2.18 bits per heavy atom. The Balaban J connectivity index is 1.60. The molecule has 22 heavy (non-hydrogen) atoms. The molecule has 2 rings (SSSR count). The topological polar surface area (TPSA) is 50.4 Å². The fraction of sp³-hybridized carbons (Fsp3) is 0.611. The van der Waals surface area contributed by atoms with Gasteiger partial charge in [-0.3, -0.25) is 4.79 Å². The zero-order chi connectivity index (χ0) is 15.8. The van der Waals surface area contributed by atoms with E-state index in [1.54, 1.807) is 0 Å². The van der Waals surface area contributed by atoms with Crippen LogP contribution in [0.4, 0.5) is 0 Å². The quantitative estimate of drug-likeness (QED) is 0.813. The van der Waals surface area contributed by atoms with Crippen LogP contribution < -0.4 is 10.6 Å². The molecule has 2 N–H and O–H groups in total. The van der Waals surface area contributed by atoms with Crippen molar-refractivity contribution in [2.75, 3.05) is 19.7 Å². The maximum absolute atomic E-state index is 12.2. The molecule has 0 bridgehead atoms. The number of piperidine rings is 1. The number of carbonyl (C=O) groups excluding carboxylic acids is 1. The lowest BCUT2D eigenvalue weighted by Crippen LogP contribution is -2.43. The second-order valence-electron chi connectivity index (χ2n) is 6.43. The van der Waals surface area contributed by atoms with Gasteiger partial charge in [-0.15, -0.1) is 0 Å². The van der Waals surface area contributed by atoms with Gasteiger partial charge in [0.1, 0.15) is 0 Å². The first-order chi connectivity index (χ1) is 10.6. The van der Waals surface area contributed by atoms with Crippen LogP contribution in [0.2, 0.25) is 0 Å². The molecule has 1 aromatic rings. The van der Waals surface area contributed by atoms with E-state index in [9.17, 15) is 4.79 Å². The van der Waals surface area contributed by atoms with Gasteiger partial charge in [0.2, 0.25) is 5.91 Å². The van der Waals surface area contributed by atoms with Crippen molar-refractivity contribution in [3.63, 3.8) is 0 Å². The number of hydrogen-bond donors (Lipinski definition) is 2. The largest absolute Gasteiger partial charge is 0.376 e. The highest BCUT2D eigenvalue weighted by atomic mass is 16.5. The van der Waals surface area contributed by atoms with E-state index >= 15 is 0 Å². The molecule has 1 aliphatic rings. The van der Waals surface area contributed by atoms with Gasteiger partial charge in [-0.05, 0) is 37.8 Å². The molecule has 4 nitrogen and oxygen atoms in total. The molecule has 0 aromatic heterocycles. The normalized spacial score (nSPS) is 23.0. The predicted octanol–water partition coefficient (Wildman–Crippen LogP) is 2.34. The lowest BCUT2D eigenvalue weighted by Gasteiger charge is -2.27. The molecule has 0 radical (unpaired) electrons. The summed E-state index contributed by atoms with van der Waals surface area (Å²) in [5, 5.41) is 6.45. The SMILES string of the molecule is CC(CNC(=O)[C@H]1CCN[C@@H](C)C1)COCc1ccccc1. The maximum atomic E-state index is 12.2. The minimum absolute atomic E-state index is 0.161. The number of carbonyl (C=O) groups is 1. The Morgan fingerprint density at radius 1 is 1.41 bits per heavy atom. The van der Waals surface area contributed by atoms with Crippen LogP contribution in [0.1, 0.15) is 32.3 Å². The van der Waals surface area contributed by atoms with Gasteiger partial charge in [0.25, 0.3) is 0 Å². The Hall–Kier alpha value is -1.39. The molecule has 0 spiro atoms. The van der Waals surface area contributed by atoms with E-state index in [0.29, 0.717) is 31.7 Å². The lowest BCUT2D eigenvalue weighted by atomic mass is 9.92. The van der Waals surface area contributed by atoms with Crippen LogP contribution in [0.25, 0.3) is 0 Å². The molecule has 1 aromatic carbocycles. The molecule has 4 heteroatoms. The van der Waals surface area contributed by atoms with Crippen molar-refractivity contribution in [2.24, 2.45) is 11.8 Å². The van der Waals surface area contributed by atoms with Crippen molar-refractivity contribution >= 4 is 5.91 Å². The average Bonchev–Trinajstić information content (AvgIpc) is 2.53. The Labute approximate surface area is 133 Å². The van der Waals surface area contributed by atoms with Crippen LogP contribution in [0.3, 0.4) is 0 Å². The third kappa shape index (κ3) is 5.78. The van der Waals surface area contributed by atoms with Gasteiger partial charge in [-0.2, -0.15) is 0 Å². The second-order valence-corrected chi connectivity index (χ2v) is 6.43. The first kappa shape index (κ1) is 17.0. The summed E-state index contributed by atoms with van der Waals surface area (Å²) in [7, 11) is 0. The molecule has 0 aliphatic carbocycles. The zero-order valence-corrected chi connectivity index (χ0v) is 13.7. The third-order valence-electron chi connectivity index (χ3n) is 4.13. The van der Waals surface area contributed by atoms with Gasteiger partial charge in [0, 0.05) is 18.5 Å². The van der Waals surface area contributed by atoms with Crippen LogP contribution in [0, 0.1) is 11.8 Å². The van der Waals surface area contributed by atoms with Crippen molar-refractivity contribution in [3.05, 3.63) is 35.9 Å². The predicted molar refractivity (Wildman–Crippen MR) is 88.5 cm³/mol. The van der Waals surface area contributed by atoms with E-state index in [4.69, 9.17) is 4.74 Å². The van der Waals surface area contributed by atoms with Crippen LogP contribution in [-0.2, 0) is 16.1 Å². The van der Waals surface area contributed by atoms with Crippen molar-refractivity contribution in [1.29, 1.82) is 0 Å². The first-order valence-electron chi connectivity index (χ1n) is 8.28. The summed E-state index contributed by atoms with van der Waals surface area (Å²) in [5.41, 5.74) is 1.18. The van der Waals surface area contributed by atoms with Crippen molar-refractivity contribution in [3.8, 4) is 0 Å². The Bertz CT molecular complexity index is 450. The number of nitrogens with one attached hydrogen (secondary N) is 2. The second kappa shape index (κ2) is 8.91. The Morgan fingerprint density at radius 3 is 2.91 bits per heavy atom. The average molecular weight is 304 g/mol. The fourth-order valence-corrected chi connectivity index (χ4v) is 2.80. The minimum Gasteiger partial charge on any atom is -0.376 e. The molecular formula is C18H28N2O2. The van der Waals surface area contributed by atoms with E-state index in [-0.39, 0.29) is 11.8 Å². The molecule has 1 fully saturated rings. The Kier molecular flexibility index (Phi) is 6.87. The summed E-state index contributed by atoms with van der Waals surface area (Å²) >= 11 is 0. The van der Waals surface area contributed by atoms with Gasteiger partial charge < -0.3 is 15.4 Å². The fourth-order valence-electron chi connectivity index (χ4n) is 2.80. The van der Waals surface area contributed by atoms with Gasteiger partial charge >= 0.3 is 0 Å². The molecule has 3 atom stereocenters. The third-order valence-corrected chi connectivity index (χ3v) is 4.13. The van der Waals surface area contributed by atoms with Crippen molar-refractivity contribution < 1.29 is 9.53 Å². The molecule has 1 amide bonds. The standard InChI is InChI=1S/C18H28N2O2/c1-14(12-22-13-16-6-4-3-5-7-16)11-20-18(21)17-8-9-19-15(2)10-17/h3-7,14-15,17,19H,8-13H2,1-2H3,(H,20,21)/t14?,15-,17-/m0/s1. The zero-order valence-electron chi connectivity index (χ0n) is 13.7. The number of benzene rings is 1. The van der Waals surface area contributed by atoms with E-state index in [2.05, 4.69) is 36.6 Å². The summed E-state index contributed by atoms with van der Waals surface area (Å²) in [6.45, 7) is 7.17. The van der Waals surface area contributed by atoms with Gasteiger partial charge in [-0.1, -0.05) is 37.3 Å². The van der Waals surface area contributed by atoms with E-state index in [0.717, 1.165) is 19.4 Å². The lowest BCUT2D eigenvalue weighted by molar-refractivity contribution is -0.126. The molecule has 1 aliphatic heterocycles. The number of rotatable bonds is 7. The molecule has 0 saturated carbocycles. The highest BCUT2D eigenvalue weighted by molar-refractivity contribution is 5.78. The van der Waals surface area contributed by atoms with Gasteiger partial charge in [0.05, 0.1) is 13.2 Å². The summed E-state index contributed by atoms with van der Waals surface area (Å²) in [6, 6.07) is 10.6. The van der Waals surface area contributed by atoms with Gasteiger partial charge in [0.15, 0.2) is 0 Å². The van der Waals surface area contributed by atoms with Crippen LogP contribution >= 0.6 is 0 Å². The highest BCUT2D eigenvalue weighted by Gasteiger charge is 2.24. The highest BCUT2D eigenvalue weighted by Crippen LogP contribution is 2.16. The molecular weight excluding hydrogens is 276 g/mol. The smallest absolute Gasteiger partial charge is 0.223 e. The van der Waals surface area contributed by atoms with Crippen LogP contribution in [-0.4, -0.2) is 31.6 Å². The summed E-state index contributed by atoms with van der Waals surface area (Å²) in [4.78, 5) is 12.2. The monoisotopic (exact) mass is 304 g/mol. The number of amides is 1. The van der Waals surface area contributed by atoms with Crippen molar-refractivity contribution in [2.45, 2.75) is 39.3 Å². The molecule has 1 heterocycles. The van der Waals surface area contributed by atoms with E-state index < -0.39 is 0 Å². The molecule has 1 unspecified atom stereocenters. The van der Waals surface area contributed by atoms with E-state index in [1.165, 1.54) is 5.56 Å². The minimum atomic E-state index is 0.161. The van der Waals surface area contributed by atoms with Crippen molar-refractivity contribution in [1.82, 2.24) is 10.6 Å². The summed E-state index contributed by atoms with van der Waals surface area (Å²) in [6.07, 6.45) is 1.87. The van der Waals surface area contributed by atoms with Crippen LogP contribution in [0.15, 0.2) is 30.3 Å². The summed E-state index contributed by atoms with van der Waals surface area (Å²) < 4.78 is 5.72.